The van der Waals surface area contributed by atoms with E-state index in [1.807, 2.05) is 42.5 Å². The number of ether oxygens (including phenoxy) is 2. The smallest absolute Gasteiger partial charge is 0.127 e. The van der Waals surface area contributed by atoms with Crippen molar-refractivity contribution in [1.82, 2.24) is 0 Å². The number of unbranched alkanes of at least 4 members (excludes halogenated alkanes) is 1. The van der Waals surface area contributed by atoms with Gasteiger partial charge in [-0.3, -0.25) is 0 Å². The second kappa shape index (κ2) is 10.5. The van der Waals surface area contributed by atoms with Gasteiger partial charge in [0.1, 0.15) is 5.75 Å². The fourth-order valence-corrected chi connectivity index (χ4v) is 2.92. The molecule has 0 saturated carbocycles. The van der Waals surface area contributed by atoms with Gasteiger partial charge in [0.05, 0.1) is 13.2 Å². The van der Waals surface area contributed by atoms with E-state index in [4.69, 9.17) is 15.2 Å². The Balaban J connectivity index is 1.47. The monoisotopic (exact) mass is 361 g/mol. The van der Waals surface area contributed by atoms with E-state index in [9.17, 15) is 0 Å². The summed E-state index contributed by atoms with van der Waals surface area (Å²) in [4.78, 5) is 0. The standard InChI is InChI=1S/C24H27NO2/c25-18-21-13-14-23(22-11-5-2-6-12-22)24(17-21)27-16-8-7-15-26-19-20-9-3-1-4-10-20/h1-6,9-14,17H,7-8,15-16,18-19,25H2. The second-order valence-corrected chi connectivity index (χ2v) is 6.49. The van der Waals surface area contributed by atoms with E-state index >= 15 is 0 Å². The maximum atomic E-state index is 6.09. The highest BCUT2D eigenvalue weighted by molar-refractivity contribution is 5.70. The van der Waals surface area contributed by atoms with Gasteiger partial charge in [0.2, 0.25) is 0 Å². The number of rotatable bonds is 10. The van der Waals surface area contributed by atoms with Crippen molar-refractivity contribution in [1.29, 1.82) is 0 Å². The molecule has 0 saturated heterocycles. The molecule has 0 amide bonds. The van der Waals surface area contributed by atoms with E-state index in [2.05, 4.69) is 36.4 Å². The normalized spacial score (nSPS) is 10.7. The Hall–Kier alpha value is -2.62. The van der Waals surface area contributed by atoms with Crippen LogP contribution >= 0.6 is 0 Å². The lowest BCUT2D eigenvalue weighted by atomic mass is 10.0. The molecule has 0 atom stereocenters. The molecule has 0 unspecified atom stereocenters. The summed E-state index contributed by atoms with van der Waals surface area (Å²) in [5, 5.41) is 0. The first kappa shape index (κ1) is 19.2. The van der Waals surface area contributed by atoms with Gasteiger partial charge in [-0.05, 0) is 35.6 Å². The average molecular weight is 361 g/mol. The summed E-state index contributed by atoms with van der Waals surface area (Å²) in [5.74, 6) is 0.898. The van der Waals surface area contributed by atoms with Crippen molar-refractivity contribution in [3.63, 3.8) is 0 Å². The maximum absolute atomic E-state index is 6.09. The first-order valence-corrected chi connectivity index (χ1v) is 9.49. The minimum Gasteiger partial charge on any atom is -0.493 e. The third-order valence-electron chi connectivity index (χ3n) is 4.42. The molecule has 0 heterocycles. The van der Waals surface area contributed by atoms with Crippen LogP contribution in [0.4, 0.5) is 0 Å². The van der Waals surface area contributed by atoms with Crippen LogP contribution in [0.3, 0.4) is 0 Å². The van der Waals surface area contributed by atoms with Gasteiger partial charge in [-0.15, -0.1) is 0 Å². The molecule has 140 valence electrons. The molecule has 3 aromatic carbocycles. The molecule has 0 radical (unpaired) electrons. The van der Waals surface area contributed by atoms with Gasteiger partial charge in [0, 0.05) is 18.7 Å². The molecule has 3 heteroatoms. The predicted octanol–water partition coefficient (Wildman–Crippen LogP) is 5.19. The number of nitrogens with two attached hydrogens (primary N) is 1. The quantitative estimate of drug-likeness (QED) is 0.506. The molecular weight excluding hydrogens is 334 g/mol. The third-order valence-corrected chi connectivity index (χ3v) is 4.42. The maximum Gasteiger partial charge on any atom is 0.127 e. The van der Waals surface area contributed by atoms with E-state index in [-0.39, 0.29) is 0 Å². The molecule has 0 bridgehead atoms. The zero-order chi connectivity index (χ0) is 18.7. The highest BCUT2D eigenvalue weighted by Crippen LogP contribution is 2.31. The number of benzene rings is 3. The van der Waals surface area contributed by atoms with E-state index in [1.54, 1.807) is 0 Å². The van der Waals surface area contributed by atoms with Crippen LogP contribution in [0.5, 0.6) is 5.75 Å². The highest BCUT2D eigenvalue weighted by Gasteiger charge is 2.07. The van der Waals surface area contributed by atoms with E-state index in [0.717, 1.165) is 41.9 Å². The van der Waals surface area contributed by atoms with Crippen LogP contribution in [0.2, 0.25) is 0 Å². The molecule has 0 aliphatic carbocycles. The van der Waals surface area contributed by atoms with E-state index in [0.29, 0.717) is 19.8 Å². The van der Waals surface area contributed by atoms with Crippen molar-refractivity contribution < 1.29 is 9.47 Å². The molecule has 0 aliphatic rings. The van der Waals surface area contributed by atoms with Gasteiger partial charge in [0.15, 0.2) is 0 Å². The zero-order valence-electron chi connectivity index (χ0n) is 15.6. The molecule has 0 aliphatic heterocycles. The van der Waals surface area contributed by atoms with Gasteiger partial charge in [0.25, 0.3) is 0 Å². The minimum atomic E-state index is 0.513. The lowest BCUT2D eigenvalue weighted by Crippen LogP contribution is -2.03. The number of hydrogen-bond acceptors (Lipinski definition) is 3. The summed E-state index contributed by atoms with van der Waals surface area (Å²) >= 11 is 0. The van der Waals surface area contributed by atoms with Gasteiger partial charge >= 0.3 is 0 Å². The van der Waals surface area contributed by atoms with Gasteiger partial charge in [-0.2, -0.15) is 0 Å². The molecule has 3 aromatic rings. The fraction of sp³-hybridized carbons (Fsp3) is 0.250. The van der Waals surface area contributed by atoms with Gasteiger partial charge in [-0.1, -0.05) is 72.8 Å². The molecule has 0 spiro atoms. The highest BCUT2D eigenvalue weighted by atomic mass is 16.5. The summed E-state index contributed by atoms with van der Waals surface area (Å²) in [6.07, 6.45) is 1.93. The SMILES string of the molecule is NCc1ccc(-c2ccccc2)c(OCCCCOCc2ccccc2)c1. The topological polar surface area (TPSA) is 44.5 Å². The van der Waals surface area contributed by atoms with E-state index in [1.165, 1.54) is 5.56 Å². The van der Waals surface area contributed by atoms with Crippen LogP contribution in [0.1, 0.15) is 24.0 Å². The molecular formula is C24H27NO2. The van der Waals surface area contributed by atoms with Crippen LogP contribution in [-0.4, -0.2) is 13.2 Å². The summed E-state index contributed by atoms with van der Waals surface area (Å²) < 4.78 is 11.8. The fourth-order valence-electron chi connectivity index (χ4n) is 2.92. The Kier molecular flexibility index (Phi) is 7.45. The Bertz CT molecular complexity index is 803. The van der Waals surface area contributed by atoms with Crippen LogP contribution in [0.15, 0.2) is 78.9 Å². The van der Waals surface area contributed by atoms with Crippen molar-refractivity contribution >= 4 is 0 Å². The first-order chi connectivity index (χ1) is 13.4. The van der Waals surface area contributed by atoms with Crippen LogP contribution in [-0.2, 0) is 17.9 Å². The summed E-state index contributed by atoms with van der Waals surface area (Å²) in [7, 11) is 0. The molecule has 27 heavy (non-hydrogen) atoms. The molecule has 0 fully saturated rings. The Morgan fingerprint density at radius 2 is 1.41 bits per heavy atom. The molecule has 2 N–H and O–H groups in total. The summed E-state index contributed by atoms with van der Waals surface area (Å²) in [6.45, 7) is 2.59. The molecule has 3 rings (SSSR count). The molecule has 3 nitrogen and oxygen atoms in total. The Morgan fingerprint density at radius 3 is 2.15 bits per heavy atom. The summed E-state index contributed by atoms with van der Waals surface area (Å²) in [5.41, 5.74) is 10.3. The van der Waals surface area contributed by atoms with Crippen LogP contribution < -0.4 is 10.5 Å². The summed E-state index contributed by atoms with van der Waals surface area (Å²) in [6, 6.07) is 26.8. The van der Waals surface area contributed by atoms with Crippen molar-refractivity contribution in [2.24, 2.45) is 5.73 Å². The second-order valence-electron chi connectivity index (χ2n) is 6.49. The first-order valence-electron chi connectivity index (χ1n) is 9.49. The average Bonchev–Trinajstić information content (AvgIpc) is 2.74. The van der Waals surface area contributed by atoms with Gasteiger partial charge < -0.3 is 15.2 Å². The van der Waals surface area contributed by atoms with Crippen molar-refractivity contribution in [3.05, 3.63) is 90.0 Å². The minimum absolute atomic E-state index is 0.513. The zero-order valence-corrected chi connectivity index (χ0v) is 15.6. The van der Waals surface area contributed by atoms with Crippen LogP contribution in [0.25, 0.3) is 11.1 Å². The van der Waals surface area contributed by atoms with Crippen molar-refractivity contribution in [3.8, 4) is 16.9 Å². The van der Waals surface area contributed by atoms with Crippen molar-refractivity contribution in [2.75, 3.05) is 13.2 Å². The molecule has 0 aromatic heterocycles. The largest absolute Gasteiger partial charge is 0.493 e. The third kappa shape index (κ3) is 5.95. The number of hydrogen-bond donors (Lipinski definition) is 1. The Labute approximate surface area is 161 Å². The lowest BCUT2D eigenvalue weighted by molar-refractivity contribution is 0.113. The predicted molar refractivity (Wildman–Crippen MR) is 111 cm³/mol. The van der Waals surface area contributed by atoms with E-state index < -0.39 is 0 Å². The Morgan fingerprint density at radius 1 is 0.704 bits per heavy atom. The lowest BCUT2D eigenvalue weighted by Gasteiger charge is -2.13. The van der Waals surface area contributed by atoms with Crippen molar-refractivity contribution in [2.45, 2.75) is 26.0 Å². The van der Waals surface area contributed by atoms with Gasteiger partial charge in [-0.25, -0.2) is 0 Å². The van der Waals surface area contributed by atoms with Crippen LogP contribution in [0, 0.1) is 0 Å².